The lowest BCUT2D eigenvalue weighted by Crippen LogP contribution is -2.51. The van der Waals surface area contributed by atoms with Crippen molar-refractivity contribution in [2.75, 3.05) is 32.8 Å². The molecular weight excluding hydrogens is 376 g/mol. The molecule has 0 radical (unpaired) electrons. The van der Waals surface area contributed by atoms with Crippen LogP contribution in [0.4, 0.5) is 0 Å². The molecule has 0 saturated carbocycles. The van der Waals surface area contributed by atoms with E-state index in [0.717, 1.165) is 56.8 Å². The quantitative estimate of drug-likeness (QED) is 0.771. The molecule has 2 aliphatic heterocycles. The van der Waals surface area contributed by atoms with Crippen LogP contribution in [0.5, 0.6) is 0 Å². The Morgan fingerprint density at radius 3 is 2.61 bits per heavy atom. The van der Waals surface area contributed by atoms with Crippen molar-refractivity contribution in [2.45, 2.75) is 39.0 Å². The summed E-state index contributed by atoms with van der Waals surface area (Å²) in [7, 11) is 0. The van der Waals surface area contributed by atoms with Crippen molar-refractivity contribution in [1.29, 1.82) is 0 Å². The Kier molecular flexibility index (Phi) is 5.99. The molecule has 1 aromatic heterocycles. The highest BCUT2D eigenvalue weighted by Crippen LogP contribution is 2.23. The zero-order valence-corrected chi connectivity index (χ0v) is 17.1. The van der Waals surface area contributed by atoms with Gasteiger partial charge in [0.15, 0.2) is 0 Å². The molecule has 2 fully saturated rings. The average molecular weight is 403 g/mol. The van der Waals surface area contributed by atoms with Gasteiger partial charge in [-0.2, -0.15) is 5.10 Å². The first kappa shape index (κ1) is 19.4. The predicted octanol–water partition coefficient (Wildman–Crippen LogP) is 2.72. The van der Waals surface area contributed by atoms with Crippen LogP contribution in [0.25, 0.3) is 0 Å². The zero-order valence-electron chi connectivity index (χ0n) is 16.3. The van der Waals surface area contributed by atoms with Crippen molar-refractivity contribution in [3.05, 3.63) is 52.3 Å². The van der Waals surface area contributed by atoms with Crippen molar-refractivity contribution >= 4 is 17.5 Å². The van der Waals surface area contributed by atoms with Crippen LogP contribution in [0.15, 0.2) is 30.3 Å². The van der Waals surface area contributed by atoms with Gasteiger partial charge in [0.2, 0.25) is 0 Å². The fourth-order valence-corrected chi connectivity index (χ4v) is 4.25. The molecule has 4 rings (SSSR count). The molecule has 7 heteroatoms. The first-order valence-corrected chi connectivity index (χ1v) is 10.4. The van der Waals surface area contributed by atoms with Gasteiger partial charge in [0.05, 0.1) is 12.2 Å². The Hall–Kier alpha value is -1.89. The smallest absolute Gasteiger partial charge is 0.251 e. The summed E-state index contributed by atoms with van der Waals surface area (Å²) in [6.07, 6.45) is 1.62. The third-order valence-electron chi connectivity index (χ3n) is 5.63. The fraction of sp³-hybridized carbons (Fsp3) is 0.524. The average Bonchev–Trinajstić information content (AvgIpc) is 3.34. The van der Waals surface area contributed by atoms with Crippen LogP contribution in [0, 0.1) is 6.92 Å². The molecule has 2 saturated heterocycles. The van der Waals surface area contributed by atoms with Crippen LogP contribution in [0.3, 0.4) is 0 Å². The van der Waals surface area contributed by atoms with E-state index < -0.39 is 0 Å². The predicted molar refractivity (Wildman–Crippen MR) is 108 cm³/mol. The first-order valence-electron chi connectivity index (χ1n) is 10.0. The Balaban J connectivity index is 1.35. The summed E-state index contributed by atoms with van der Waals surface area (Å²) in [5, 5.41) is 5.35. The molecule has 0 aliphatic carbocycles. The highest BCUT2D eigenvalue weighted by molar-refractivity contribution is 6.30. The van der Waals surface area contributed by atoms with E-state index >= 15 is 0 Å². The summed E-state index contributed by atoms with van der Waals surface area (Å²) in [6, 6.07) is 10.2. The van der Waals surface area contributed by atoms with Crippen LogP contribution >= 0.6 is 11.6 Å². The van der Waals surface area contributed by atoms with Crippen LogP contribution in [0.2, 0.25) is 5.15 Å². The van der Waals surface area contributed by atoms with Gasteiger partial charge >= 0.3 is 0 Å². The van der Waals surface area contributed by atoms with Gasteiger partial charge in [-0.15, -0.1) is 0 Å². The number of piperazine rings is 1. The number of rotatable bonds is 5. The third-order valence-corrected chi connectivity index (χ3v) is 6.05. The number of halogens is 1. The number of hydrogen-bond acceptors (Lipinski definition) is 4. The van der Waals surface area contributed by atoms with E-state index in [-0.39, 0.29) is 12.0 Å². The topological polar surface area (TPSA) is 50.6 Å². The first-order chi connectivity index (χ1) is 13.6. The summed E-state index contributed by atoms with van der Waals surface area (Å²) in [5.41, 5.74) is 3.23. The molecule has 1 amide bonds. The number of ether oxygens (including phenoxy) is 1. The molecule has 150 valence electrons. The molecule has 3 heterocycles. The van der Waals surface area contributed by atoms with Crippen molar-refractivity contribution in [1.82, 2.24) is 19.6 Å². The highest BCUT2D eigenvalue weighted by Gasteiger charge is 2.30. The number of nitrogens with zero attached hydrogens (tertiary/aromatic N) is 4. The number of aromatic nitrogens is 2. The van der Waals surface area contributed by atoms with Crippen LogP contribution in [-0.2, 0) is 22.6 Å². The van der Waals surface area contributed by atoms with E-state index in [4.69, 9.17) is 16.3 Å². The summed E-state index contributed by atoms with van der Waals surface area (Å²) < 4.78 is 7.41. The number of carbonyl (C=O) groups is 1. The summed E-state index contributed by atoms with van der Waals surface area (Å²) >= 11 is 6.66. The maximum atomic E-state index is 12.5. The van der Waals surface area contributed by atoms with E-state index in [9.17, 15) is 4.79 Å². The van der Waals surface area contributed by atoms with E-state index in [1.807, 2.05) is 34.7 Å². The number of carbonyl (C=O) groups excluding carboxylic acids is 1. The SMILES string of the molecule is Cc1nn(Cc2ccccc2)c(Cl)c1CN1CCN(C(=O)C2CCCO2)CC1. The lowest BCUT2D eigenvalue weighted by molar-refractivity contribution is -0.142. The van der Waals surface area contributed by atoms with Crippen LogP contribution < -0.4 is 0 Å². The lowest BCUT2D eigenvalue weighted by atomic mass is 10.2. The van der Waals surface area contributed by atoms with Crippen molar-refractivity contribution in [3.8, 4) is 0 Å². The zero-order chi connectivity index (χ0) is 19.5. The molecule has 6 nitrogen and oxygen atoms in total. The van der Waals surface area contributed by atoms with Crippen molar-refractivity contribution < 1.29 is 9.53 Å². The van der Waals surface area contributed by atoms with Gasteiger partial charge < -0.3 is 9.64 Å². The maximum absolute atomic E-state index is 12.5. The van der Waals surface area contributed by atoms with Gasteiger partial charge in [0.25, 0.3) is 5.91 Å². The van der Waals surface area contributed by atoms with Crippen LogP contribution in [-0.4, -0.2) is 64.4 Å². The number of hydrogen-bond donors (Lipinski definition) is 0. The number of benzene rings is 1. The van der Waals surface area contributed by atoms with Crippen molar-refractivity contribution in [2.24, 2.45) is 0 Å². The highest BCUT2D eigenvalue weighted by atomic mass is 35.5. The second-order valence-electron chi connectivity index (χ2n) is 7.60. The van der Waals surface area contributed by atoms with Crippen molar-refractivity contribution in [3.63, 3.8) is 0 Å². The Morgan fingerprint density at radius 2 is 1.93 bits per heavy atom. The fourth-order valence-electron chi connectivity index (χ4n) is 3.96. The number of aryl methyl sites for hydroxylation is 1. The van der Waals surface area contributed by atoms with Gasteiger partial charge in [0, 0.05) is 44.9 Å². The molecule has 0 spiro atoms. The van der Waals surface area contributed by atoms with Gasteiger partial charge in [-0.3, -0.25) is 9.69 Å². The summed E-state index contributed by atoms with van der Waals surface area (Å²) in [5.74, 6) is 0.155. The van der Waals surface area contributed by atoms with Gasteiger partial charge in [-0.25, -0.2) is 4.68 Å². The minimum absolute atomic E-state index is 0.155. The Bertz CT molecular complexity index is 809. The molecule has 2 aromatic rings. The van der Waals surface area contributed by atoms with E-state index in [1.165, 1.54) is 5.56 Å². The van der Waals surface area contributed by atoms with E-state index in [1.54, 1.807) is 0 Å². The molecule has 1 unspecified atom stereocenters. The molecule has 1 aromatic carbocycles. The van der Waals surface area contributed by atoms with Gasteiger partial charge in [-0.05, 0) is 25.3 Å². The second kappa shape index (κ2) is 8.64. The number of amides is 1. The molecule has 2 aliphatic rings. The molecule has 1 atom stereocenters. The second-order valence-corrected chi connectivity index (χ2v) is 7.96. The van der Waals surface area contributed by atoms with E-state index in [0.29, 0.717) is 18.3 Å². The van der Waals surface area contributed by atoms with Crippen LogP contribution in [0.1, 0.15) is 29.7 Å². The summed E-state index contributed by atoms with van der Waals surface area (Å²) in [6.45, 7) is 7.34. The normalized spacial score (nSPS) is 20.6. The standard InChI is InChI=1S/C21H27ClN4O2/c1-16-18(20(22)26(23-16)14-17-6-3-2-4-7-17)15-24-9-11-25(12-10-24)21(27)19-8-5-13-28-19/h2-4,6-7,19H,5,8-15H2,1H3. The Morgan fingerprint density at radius 1 is 1.18 bits per heavy atom. The molecule has 28 heavy (non-hydrogen) atoms. The van der Waals surface area contributed by atoms with Gasteiger partial charge in [-0.1, -0.05) is 41.9 Å². The Labute approximate surface area is 171 Å². The lowest BCUT2D eigenvalue weighted by Gasteiger charge is -2.35. The third kappa shape index (κ3) is 4.24. The molecule has 0 bridgehead atoms. The summed E-state index contributed by atoms with van der Waals surface area (Å²) in [4.78, 5) is 16.8. The largest absolute Gasteiger partial charge is 0.368 e. The maximum Gasteiger partial charge on any atom is 0.251 e. The minimum Gasteiger partial charge on any atom is -0.368 e. The van der Waals surface area contributed by atoms with Gasteiger partial charge in [0.1, 0.15) is 11.3 Å². The minimum atomic E-state index is -0.223. The monoisotopic (exact) mass is 402 g/mol. The van der Waals surface area contributed by atoms with E-state index in [2.05, 4.69) is 22.1 Å². The molecule has 0 N–H and O–H groups in total. The molecular formula is C21H27ClN4O2.